The van der Waals surface area contributed by atoms with Crippen molar-refractivity contribution in [2.24, 2.45) is 11.1 Å². The molecule has 1 aromatic carbocycles. The van der Waals surface area contributed by atoms with Gasteiger partial charge in [-0.05, 0) is 31.0 Å². The maximum absolute atomic E-state index is 13.9. The number of hydrogen-bond acceptors (Lipinski definition) is 3. The van der Waals surface area contributed by atoms with E-state index in [1.807, 2.05) is 13.8 Å². The van der Waals surface area contributed by atoms with Crippen LogP contribution in [0.3, 0.4) is 0 Å². The molecule has 0 atom stereocenters. The molecule has 0 saturated heterocycles. The second-order valence-corrected chi connectivity index (χ2v) is 6.54. The van der Waals surface area contributed by atoms with Crippen LogP contribution in [0, 0.1) is 18.2 Å². The van der Waals surface area contributed by atoms with Crippen molar-refractivity contribution in [1.29, 1.82) is 0 Å². The van der Waals surface area contributed by atoms with Crippen molar-refractivity contribution in [3.05, 3.63) is 47.5 Å². The molecule has 1 amide bonds. The summed E-state index contributed by atoms with van der Waals surface area (Å²) in [5.41, 5.74) is 6.96. The van der Waals surface area contributed by atoms with Crippen molar-refractivity contribution in [2.75, 3.05) is 20.1 Å². The first-order valence-corrected chi connectivity index (χ1v) is 7.52. The number of carbonyl (C=O) groups is 1. The van der Waals surface area contributed by atoms with Crippen LogP contribution in [0.25, 0.3) is 5.69 Å². The van der Waals surface area contributed by atoms with E-state index in [2.05, 4.69) is 5.10 Å². The van der Waals surface area contributed by atoms with Crippen molar-refractivity contribution >= 4 is 18.3 Å². The van der Waals surface area contributed by atoms with Crippen LogP contribution in [-0.2, 0) is 0 Å². The first-order chi connectivity index (χ1) is 10.8. The summed E-state index contributed by atoms with van der Waals surface area (Å²) in [5.74, 6) is -0.526. The number of rotatable bonds is 5. The van der Waals surface area contributed by atoms with Crippen molar-refractivity contribution in [3.8, 4) is 5.69 Å². The van der Waals surface area contributed by atoms with Crippen molar-refractivity contribution in [3.63, 3.8) is 0 Å². The molecule has 24 heavy (non-hydrogen) atoms. The van der Waals surface area contributed by atoms with E-state index in [9.17, 15) is 9.18 Å². The lowest BCUT2D eigenvalue weighted by Crippen LogP contribution is -2.39. The molecule has 0 saturated carbocycles. The summed E-state index contributed by atoms with van der Waals surface area (Å²) in [6, 6.07) is 6.35. The highest BCUT2D eigenvalue weighted by Gasteiger charge is 2.24. The number of hydrogen-bond donors (Lipinski definition) is 1. The second kappa shape index (κ2) is 7.77. The van der Waals surface area contributed by atoms with Gasteiger partial charge in [-0.1, -0.05) is 26.0 Å². The highest BCUT2D eigenvalue weighted by Crippen LogP contribution is 2.20. The fourth-order valence-corrected chi connectivity index (χ4v) is 2.47. The maximum Gasteiger partial charge on any atom is 0.257 e. The molecule has 0 fully saturated rings. The Kier molecular flexibility index (Phi) is 6.51. The Morgan fingerprint density at radius 1 is 1.38 bits per heavy atom. The smallest absolute Gasteiger partial charge is 0.257 e. The maximum atomic E-state index is 13.9. The standard InChI is InChI=1S/C17H23FN4O.ClH/c1-12-13(16(23)21(4)11-17(2,3)10-19)9-20-22(12)15-8-6-5-7-14(15)18;/h5-9H,10-11,19H2,1-4H3;1H. The average Bonchev–Trinajstić information content (AvgIpc) is 2.88. The van der Waals surface area contributed by atoms with Gasteiger partial charge in [0.1, 0.15) is 11.5 Å². The van der Waals surface area contributed by atoms with Gasteiger partial charge in [0.05, 0.1) is 17.5 Å². The Hall–Kier alpha value is -1.92. The molecule has 0 aliphatic carbocycles. The summed E-state index contributed by atoms with van der Waals surface area (Å²) in [6.07, 6.45) is 1.48. The minimum absolute atomic E-state index is 0. The van der Waals surface area contributed by atoms with Gasteiger partial charge in [-0.15, -0.1) is 12.4 Å². The molecule has 0 spiro atoms. The number of aromatic nitrogens is 2. The SMILES string of the molecule is Cc1c(C(=O)N(C)CC(C)(C)CN)cnn1-c1ccccc1F.Cl. The molecular formula is C17H24ClFN4O. The first kappa shape index (κ1) is 20.1. The van der Waals surface area contributed by atoms with Gasteiger partial charge < -0.3 is 10.6 Å². The van der Waals surface area contributed by atoms with Crippen molar-refractivity contribution in [1.82, 2.24) is 14.7 Å². The topological polar surface area (TPSA) is 64.2 Å². The van der Waals surface area contributed by atoms with Crippen LogP contribution in [0.4, 0.5) is 4.39 Å². The van der Waals surface area contributed by atoms with E-state index in [-0.39, 0.29) is 29.5 Å². The van der Waals surface area contributed by atoms with E-state index in [1.54, 1.807) is 37.1 Å². The van der Waals surface area contributed by atoms with Crippen LogP contribution in [0.15, 0.2) is 30.5 Å². The predicted molar refractivity (Wildman–Crippen MR) is 95.3 cm³/mol. The van der Waals surface area contributed by atoms with E-state index in [0.29, 0.717) is 30.0 Å². The number of amides is 1. The third kappa shape index (κ3) is 4.13. The van der Waals surface area contributed by atoms with E-state index in [1.165, 1.54) is 16.9 Å². The van der Waals surface area contributed by atoms with Gasteiger partial charge in [0.25, 0.3) is 5.91 Å². The van der Waals surface area contributed by atoms with Crippen LogP contribution in [0.5, 0.6) is 0 Å². The summed E-state index contributed by atoms with van der Waals surface area (Å²) in [7, 11) is 1.74. The summed E-state index contributed by atoms with van der Waals surface area (Å²) in [5, 5.41) is 4.17. The number of halogens is 2. The van der Waals surface area contributed by atoms with Gasteiger partial charge in [-0.3, -0.25) is 4.79 Å². The molecule has 0 bridgehead atoms. The Morgan fingerprint density at radius 3 is 2.58 bits per heavy atom. The Bertz CT molecular complexity index is 714. The van der Waals surface area contributed by atoms with Crippen LogP contribution in [-0.4, -0.2) is 40.7 Å². The molecule has 1 heterocycles. The normalized spacial score (nSPS) is 11.1. The Morgan fingerprint density at radius 2 is 2.00 bits per heavy atom. The highest BCUT2D eigenvalue weighted by atomic mass is 35.5. The molecule has 1 aromatic heterocycles. The van der Waals surface area contributed by atoms with Gasteiger partial charge in [-0.25, -0.2) is 9.07 Å². The largest absolute Gasteiger partial charge is 0.341 e. The van der Waals surface area contributed by atoms with Crippen LogP contribution >= 0.6 is 12.4 Å². The fourth-order valence-electron chi connectivity index (χ4n) is 2.47. The molecule has 0 aliphatic rings. The zero-order chi connectivity index (χ0) is 17.2. The van der Waals surface area contributed by atoms with E-state index in [4.69, 9.17) is 5.73 Å². The summed E-state index contributed by atoms with van der Waals surface area (Å²) < 4.78 is 15.4. The quantitative estimate of drug-likeness (QED) is 0.898. The lowest BCUT2D eigenvalue weighted by atomic mass is 9.93. The number of para-hydroxylation sites is 1. The van der Waals surface area contributed by atoms with Crippen molar-refractivity contribution < 1.29 is 9.18 Å². The number of nitrogens with two attached hydrogens (primary N) is 1. The Labute approximate surface area is 148 Å². The molecule has 5 nitrogen and oxygen atoms in total. The lowest BCUT2D eigenvalue weighted by Gasteiger charge is -2.29. The molecule has 0 radical (unpaired) electrons. The number of carbonyl (C=O) groups excluding carboxylic acids is 1. The lowest BCUT2D eigenvalue weighted by molar-refractivity contribution is 0.0740. The van der Waals surface area contributed by atoms with Gasteiger partial charge in [0, 0.05) is 13.6 Å². The van der Waals surface area contributed by atoms with E-state index >= 15 is 0 Å². The number of nitrogens with zero attached hydrogens (tertiary/aromatic N) is 3. The minimum atomic E-state index is -0.379. The minimum Gasteiger partial charge on any atom is -0.341 e. The molecule has 2 aromatic rings. The zero-order valence-corrected chi connectivity index (χ0v) is 15.2. The molecule has 7 heteroatoms. The van der Waals surface area contributed by atoms with Crippen molar-refractivity contribution in [2.45, 2.75) is 20.8 Å². The van der Waals surface area contributed by atoms with Gasteiger partial charge in [0.2, 0.25) is 0 Å². The molecular weight excluding hydrogens is 331 g/mol. The van der Waals surface area contributed by atoms with Gasteiger partial charge in [0.15, 0.2) is 0 Å². The molecule has 132 valence electrons. The monoisotopic (exact) mass is 354 g/mol. The third-order valence-corrected chi connectivity index (χ3v) is 3.89. The van der Waals surface area contributed by atoms with Gasteiger partial charge >= 0.3 is 0 Å². The van der Waals surface area contributed by atoms with Gasteiger partial charge in [-0.2, -0.15) is 5.10 Å². The molecule has 0 unspecified atom stereocenters. The summed E-state index contributed by atoms with van der Waals surface area (Å²) in [4.78, 5) is 14.3. The second-order valence-electron chi connectivity index (χ2n) is 6.54. The average molecular weight is 355 g/mol. The van der Waals surface area contributed by atoms with Crippen LogP contribution in [0.1, 0.15) is 29.9 Å². The fraction of sp³-hybridized carbons (Fsp3) is 0.412. The first-order valence-electron chi connectivity index (χ1n) is 7.52. The molecule has 2 N–H and O–H groups in total. The highest BCUT2D eigenvalue weighted by molar-refractivity contribution is 5.95. The zero-order valence-electron chi connectivity index (χ0n) is 14.4. The molecule has 0 aliphatic heterocycles. The third-order valence-electron chi connectivity index (χ3n) is 3.89. The molecule has 2 rings (SSSR count). The van der Waals surface area contributed by atoms with E-state index < -0.39 is 0 Å². The van der Waals surface area contributed by atoms with E-state index in [0.717, 1.165) is 0 Å². The summed E-state index contributed by atoms with van der Waals surface area (Å²) >= 11 is 0. The predicted octanol–water partition coefficient (Wildman–Crippen LogP) is 2.80. The number of benzene rings is 1. The van der Waals surface area contributed by atoms with Crippen LogP contribution in [0.2, 0.25) is 0 Å². The summed E-state index contributed by atoms with van der Waals surface area (Å²) in [6.45, 7) is 6.79. The van der Waals surface area contributed by atoms with Crippen LogP contribution < -0.4 is 5.73 Å². The Balaban J connectivity index is 0.00000288.